The second-order valence-electron chi connectivity index (χ2n) is 5.45. The van der Waals surface area contributed by atoms with E-state index in [1.807, 2.05) is 0 Å². The Morgan fingerprint density at radius 2 is 1.84 bits per heavy atom. The summed E-state index contributed by atoms with van der Waals surface area (Å²) >= 11 is 0. The van der Waals surface area contributed by atoms with Crippen LogP contribution >= 0.6 is 0 Å². The smallest absolute Gasteiger partial charge is 0.307 e. The summed E-state index contributed by atoms with van der Waals surface area (Å²) < 4.78 is 0. The van der Waals surface area contributed by atoms with Crippen molar-refractivity contribution >= 4 is 17.8 Å². The van der Waals surface area contributed by atoms with Crippen molar-refractivity contribution < 1.29 is 19.5 Å². The van der Waals surface area contributed by atoms with Crippen LogP contribution in [-0.4, -0.2) is 46.9 Å². The van der Waals surface area contributed by atoms with E-state index in [-0.39, 0.29) is 23.8 Å². The van der Waals surface area contributed by atoms with Gasteiger partial charge in [0.05, 0.1) is 11.8 Å². The van der Waals surface area contributed by atoms with Crippen molar-refractivity contribution in [3.05, 3.63) is 0 Å². The van der Waals surface area contributed by atoms with Crippen molar-refractivity contribution in [1.29, 1.82) is 0 Å². The third kappa shape index (κ3) is 3.05. The lowest BCUT2D eigenvalue weighted by molar-refractivity contribution is -0.148. The molecule has 3 unspecified atom stereocenters. The highest BCUT2D eigenvalue weighted by Gasteiger charge is 2.41. The number of likely N-dealkylation sites (tertiary alicyclic amines) is 1. The quantitative estimate of drug-likeness (QED) is 0.767. The predicted octanol–water partition coefficient (Wildman–Crippen LogP) is 0.224. The fraction of sp³-hybridized carbons (Fsp3) is 0.769. The number of nitrogens with zero attached hydrogens (tertiary/aromatic N) is 1. The first-order chi connectivity index (χ1) is 8.99. The molecular weight excluding hydrogens is 248 g/mol. The maximum atomic E-state index is 12.3. The van der Waals surface area contributed by atoms with Crippen molar-refractivity contribution in [2.24, 2.45) is 11.8 Å². The number of rotatable bonds is 3. The van der Waals surface area contributed by atoms with Gasteiger partial charge in [-0.05, 0) is 19.3 Å². The minimum Gasteiger partial charge on any atom is -0.481 e. The molecule has 2 N–H and O–H groups in total. The molecule has 6 nitrogen and oxygen atoms in total. The lowest BCUT2D eigenvalue weighted by Crippen LogP contribution is -2.41. The monoisotopic (exact) mass is 268 g/mol. The molecule has 19 heavy (non-hydrogen) atoms. The third-order valence-corrected chi connectivity index (χ3v) is 4.06. The summed E-state index contributed by atoms with van der Waals surface area (Å²) in [5.41, 5.74) is 0. The van der Waals surface area contributed by atoms with Crippen LogP contribution in [0.15, 0.2) is 0 Å². The van der Waals surface area contributed by atoms with Crippen LogP contribution in [0.3, 0.4) is 0 Å². The fourth-order valence-electron chi connectivity index (χ4n) is 3.15. The van der Waals surface area contributed by atoms with Crippen LogP contribution in [0.25, 0.3) is 0 Å². The van der Waals surface area contributed by atoms with E-state index < -0.39 is 11.9 Å². The Balaban J connectivity index is 1.94. The van der Waals surface area contributed by atoms with E-state index in [4.69, 9.17) is 5.11 Å². The first-order valence-corrected chi connectivity index (χ1v) is 6.77. The minimum absolute atomic E-state index is 0.00568. The van der Waals surface area contributed by atoms with Crippen LogP contribution < -0.4 is 5.32 Å². The largest absolute Gasteiger partial charge is 0.481 e. The summed E-state index contributed by atoms with van der Waals surface area (Å²) in [6.45, 7) is 2.57. The Bertz CT molecular complexity index is 396. The van der Waals surface area contributed by atoms with Gasteiger partial charge >= 0.3 is 5.97 Å². The molecule has 0 aromatic carbocycles. The summed E-state index contributed by atoms with van der Waals surface area (Å²) in [4.78, 5) is 36.1. The molecule has 1 saturated carbocycles. The van der Waals surface area contributed by atoms with Gasteiger partial charge in [-0.25, -0.2) is 0 Å². The molecule has 1 aliphatic carbocycles. The topological polar surface area (TPSA) is 86.7 Å². The molecule has 2 amide bonds. The Morgan fingerprint density at radius 1 is 1.16 bits per heavy atom. The highest BCUT2D eigenvalue weighted by atomic mass is 16.4. The van der Waals surface area contributed by atoms with Gasteiger partial charge in [0.1, 0.15) is 0 Å². The molecule has 2 fully saturated rings. The molecule has 1 saturated heterocycles. The third-order valence-electron chi connectivity index (χ3n) is 4.06. The Morgan fingerprint density at radius 3 is 2.47 bits per heavy atom. The molecule has 0 radical (unpaired) electrons. The van der Waals surface area contributed by atoms with E-state index in [2.05, 4.69) is 5.32 Å². The number of carboxylic acids is 1. The molecule has 2 rings (SSSR count). The number of hydrogen-bond acceptors (Lipinski definition) is 3. The SMILES string of the molecule is CC(=O)NC1CCN(C(=O)C2CCCC2C(=O)O)C1. The van der Waals surface area contributed by atoms with Crippen LogP contribution in [0.1, 0.15) is 32.6 Å². The Kier molecular flexibility index (Phi) is 4.07. The number of carbonyl (C=O) groups excluding carboxylic acids is 2. The molecule has 106 valence electrons. The molecule has 1 heterocycles. The standard InChI is InChI=1S/C13H20N2O4/c1-8(16)14-9-5-6-15(7-9)12(17)10-3-2-4-11(10)13(18)19/h9-11H,2-7H2,1H3,(H,14,16)(H,18,19). The minimum atomic E-state index is -0.867. The van der Waals surface area contributed by atoms with E-state index >= 15 is 0 Å². The summed E-state index contributed by atoms with van der Waals surface area (Å²) in [6, 6.07) is 0.00568. The van der Waals surface area contributed by atoms with Gasteiger partial charge in [-0.3, -0.25) is 14.4 Å². The van der Waals surface area contributed by atoms with Crippen molar-refractivity contribution in [2.75, 3.05) is 13.1 Å². The summed E-state index contributed by atoms with van der Waals surface area (Å²) in [5, 5.41) is 11.9. The Labute approximate surface area is 112 Å². The van der Waals surface area contributed by atoms with Crippen LogP contribution in [0.5, 0.6) is 0 Å². The molecular formula is C13H20N2O4. The summed E-state index contributed by atoms with van der Waals surface area (Å²) in [7, 11) is 0. The van der Waals surface area contributed by atoms with Gasteiger partial charge in [0, 0.05) is 26.1 Å². The molecule has 0 aromatic heterocycles. The number of carboxylic acid groups (broad SMARTS) is 1. The van der Waals surface area contributed by atoms with Gasteiger partial charge < -0.3 is 15.3 Å². The van der Waals surface area contributed by atoms with E-state index in [0.29, 0.717) is 25.9 Å². The lowest BCUT2D eigenvalue weighted by Gasteiger charge is -2.23. The summed E-state index contributed by atoms with van der Waals surface area (Å²) in [6.07, 6.45) is 2.80. The van der Waals surface area contributed by atoms with Crippen molar-refractivity contribution in [1.82, 2.24) is 10.2 Å². The zero-order valence-corrected chi connectivity index (χ0v) is 11.1. The molecule has 0 spiro atoms. The fourth-order valence-corrected chi connectivity index (χ4v) is 3.15. The van der Waals surface area contributed by atoms with Crippen LogP contribution in [0, 0.1) is 11.8 Å². The van der Waals surface area contributed by atoms with Gasteiger partial charge in [-0.1, -0.05) is 6.42 Å². The van der Waals surface area contributed by atoms with Crippen molar-refractivity contribution in [3.8, 4) is 0 Å². The van der Waals surface area contributed by atoms with E-state index in [0.717, 1.165) is 12.8 Å². The number of aliphatic carboxylic acids is 1. The predicted molar refractivity (Wildman–Crippen MR) is 67.3 cm³/mol. The molecule has 6 heteroatoms. The maximum Gasteiger partial charge on any atom is 0.307 e. The van der Waals surface area contributed by atoms with Crippen LogP contribution in [-0.2, 0) is 14.4 Å². The normalized spacial score (nSPS) is 30.4. The number of carbonyl (C=O) groups is 3. The second-order valence-corrected chi connectivity index (χ2v) is 5.45. The van der Waals surface area contributed by atoms with Crippen molar-refractivity contribution in [2.45, 2.75) is 38.6 Å². The van der Waals surface area contributed by atoms with Crippen LogP contribution in [0.4, 0.5) is 0 Å². The van der Waals surface area contributed by atoms with E-state index in [1.165, 1.54) is 6.92 Å². The highest BCUT2D eigenvalue weighted by Crippen LogP contribution is 2.34. The van der Waals surface area contributed by atoms with E-state index in [9.17, 15) is 14.4 Å². The zero-order valence-electron chi connectivity index (χ0n) is 11.1. The second kappa shape index (κ2) is 5.59. The van der Waals surface area contributed by atoms with Gasteiger partial charge in [0.2, 0.25) is 11.8 Å². The molecule has 1 aliphatic heterocycles. The molecule has 2 aliphatic rings. The molecule has 0 aromatic rings. The van der Waals surface area contributed by atoms with E-state index in [1.54, 1.807) is 4.90 Å². The molecule has 0 bridgehead atoms. The highest BCUT2D eigenvalue weighted by molar-refractivity contribution is 5.85. The number of hydrogen-bond donors (Lipinski definition) is 2. The average Bonchev–Trinajstić information content (AvgIpc) is 2.94. The number of nitrogens with one attached hydrogen (secondary N) is 1. The van der Waals surface area contributed by atoms with Crippen LogP contribution in [0.2, 0.25) is 0 Å². The zero-order chi connectivity index (χ0) is 14.0. The van der Waals surface area contributed by atoms with Gasteiger partial charge in [0.25, 0.3) is 0 Å². The maximum absolute atomic E-state index is 12.3. The average molecular weight is 268 g/mol. The molecule has 3 atom stereocenters. The lowest BCUT2D eigenvalue weighted by atomic mass is 9.95. The summed E-state index contributed by atoms with van der Waals surface area (Å²) in [5.74, 6) is -1.93. The first-order valence-electron chi connectivity index (χ1n) is 6.77. The van der Waals surface area contributed by atoms with Gasteiger partial charge in [-0.15, -0.1) is 0 Å². The van der Waals surface area contributed by atoms with Gasteiger partial charge in [0.15, 0.2) is 0 Å². The number of amides is 2. The first kappa shape index (κ1) is 13.8. The Hall–Kier alpha value is -1.59. The van der Waals surface area contributed by atoms with Gasteiger partial charge in [-0.2, -0.15) is 0 Å². The van der Waals surface area contributed by atoms with Crippen molar-refractivity contribution in [3.63, 3.8) is 0 Å².